The smallest absolute Gasteiger partial charge is 0.407 e. The summed E-state index contributed by atoms with van der Waals surface area (Å²) >= 11 is 0. The Morgan fingerprint density at radius 1 is 1.09 bits per heavy atom. The van der Waals surface area contributed by atoms with E-state index in [1.165, 1.54) is 4.90 Å². The van der Waals surface area contributed by atoms with Crippen molar-refractivity contribution in [1.82, 2.24) is 10.2 Å². The van der Waals surface area contributed by atoms with Gasteiger partial charge < -0.3 is 20.1 Å². The van der Waals surface area contributed by atoms with Crippen molar-refractivity contribution in [2.75, 3.05) is 19.7 Å². The number of piperidine rings is 1. The first-order valence-electron chi connectivity index (χ1n) is 11.1. The Balaban J connectivity index is 1.29. The minimum atomic E-state index is -0.898. The molecule has 4 rings (SSSR count). The van der Waals surface area contributed by atoms with Crippen LogP contribution in [0.1, 0.15) is 36.8 Å². The lowest BCUT2D eigenvalue weighted by atomic mass is 9.90. The van der Waals surface area contributed by atoms with Crippen LogP contribution in [0, 0.1) is 17.8 Å². The van der Waals surface area contributed by atoms with Crippen molar-refractivity contribution in [3.63, 3.8) is 0 Å². The number of rotatable bonds is 4. The topological polar surface area (TPSA) is 95.9 Å². The molecular formula is C26H26N2O5. The number of ether oxygens (including phenoxy) is 1. The van der Waals surface area contributed by atoms with Gasteiger partial charge in [-0.15, -0.1) is 0 Å². The van der Waals surface area contributed by atoms with Crippen LogP contribution >= 0.6 is 0 Å². The summed E-state index contributed by atoms with van der Waals surface area (Å²) in [4.78, 5) is 37.4. The quantitative estimate of drug-likeness (QED) is 0.703. The van der Waals surface area contributed by atoms with Crippen molar-refractivity contribution in [2.45, 2.75) is 31.7 Å². The summed E-state index contributed by atoms with van der Waals surface area (Å²) in [5.74, 6) is 3.20. The SMILES string of the molecule is C[C@@H]1[C@H](C(=O)O)CCCN1C(=O)C#CCNC(=O)OCC1c2ccccc2-c2ccccc21. The molecule has 1 saturated heterocycles. The number of alkyl carbamates (subject to hydrolysis) is 1. The maximum Gasteiger partial charge on any atom is 0.407 e. The molecule has 0 unspecified atom stereocenters. The van der Waals surface area contributed by atoms with Gasteiger partial charge in [-0.3, -0.25) is 9.59 Å². The number of carboxylic acids is 1. The molecule has 33 heavy (non-hydrogen) atoms. The zero-order valence-electron chi connectivity index (χ0n) is 18.4. The Kier molecular flexibility index (Phi) is 6.64. The van der Waals surface area contributed by atoms with E-state index < -0.39 is 29.9 Å². The normalized spacial score (nSPS) is 19.0. The number of hydrogen-bond donors (Lipinski definition) is 2. The van der Waals surface area contributed by atoms with E-state index in [1.807, 2.05) is 24.3 Å². The lowest BCUT2D eigenvalue weighted by Crippen LogP contribution is -2.48. The first-order chi connectivity index (χ1) is 16.0. The van der Waals surface area contributed by atoms with Crippen LogP contribution < -0.4 is 5.32 Å². The van der Waals surface area contributed by atoms with Gasteiger partial charge in [0.2, 0.25) is 0 Å². The number of carbonyl (C=O) groups excluding carboxylic acids is 2. The standard InChI is InChI=1S/C26H26N2O5/c1-17-18(25(30)31)12-7-15-28(17)24(29)13-6-14-27-26(32)33-16-23-21-10-4-2-8-19(21)20-9-3-5-11-22(20)23/h2-5,8-11,17-18,23H,7,12,14-16H2,1H3,(H,27,32)(H,30,31)/t17-,18-/m1/s1. The van der Waals surface area contributed by atoms with Gasteiger partial charge in [0, 0.05) is 18.5 Å². The van der Waals surface area contributed by atoms with Gasteiger partial charge >= 0.3 is 12.1 Å². The Hall–Kier alpha value is -3.79. The third-order valence-corrected chi connectivity index (χ3v) is 6.43. The average molecular weight is 447 g/mol. The summed E-state index contributed by atoms with van der Waals surface area (Å²) in [6.45, 7) is 2.38. The number of hydrogen-bond acceptors (Lipinski definition) is 4. The molecule has 170 valence electrons. The average Bonchev–Trinajstić information content (AvgIpc) is 3.14. The highest BCUT2D eigenvalue weighted by molar-refractivity contribution is 5.94. The van der Waals surface area contributed by atoms with Gasteiger partial charge in [0.05, 0.1) is 12.5 Å². The summed E-state index contributed by atoms with van der Waals surface area (Å²) in [6, 6.07) is 15.8. The number of benzene rings is 2. The van der Waals surface area contributed by atoms with E-state index in [4.69, 9.17) is 4.74 Å². The molecule has 7 nitrogen and oxygen atoms in total. The number of aliphatic carboxylic acids is 1. The molecule has 1 heterocycles. The summed E-state index contributed by atoms with van der Waals surface area (Å²) in [5, 5.41) is 11.8. The Morgan fingerprint density at radius 2 is 1.73 bits per heavy atom. The third kappa shape index (κ3) is 4.70. The van der Waals surface area contributed by atoms with E-state index >= 15 is 0 Å². The molecule has 2 N–H and O–H groups in total. The number of likely N-dealkylation sites (tertiary alicyclic amines) is 1. The maximum absolute atomic E-state index is 12.4. The van der Waals surface area contributed by atoms with E-state index in [9.17, 15) is 19.5 Å². The number of nitrogens with one attached hydrogen (secondary N) is 1. The van der Waals surface area contributed by atoms with Crippen LogP contribution in [0.25, 0.3) is 11.1 Å². The van der Waals surface area contributed by atoms with E-state index in [2.05, 4.69) is 41.4 Å². The molecule has 1 fully saturated rings. The van der Waals surface area contributed by atoms with Crippen LogP contribution in [0.4, 0.5) is 4.79 Å². The van der Waals surface area contributed by atoms with Crippen LogP contribution in [-0.2, 0) is 14.3 Å². The van der Waals surface area contributed by atoms with Gasteiger partial charge in [0.25, 0.3) is 5.91 Å². The molecule has 0 aromatic heterocycles. The van der Waals surface area contributed by atoms with Gasteiger partial charge in [-0.1, -0.05) is 54.5 Å². The Bertz CT molecular complexity index is 1090. The van der Waals surface area contributed by atoms with Crippen molar-refractivity contribution in [3.05, 3.63) is 59.7 Å². The van der Waals surface area contributed by atoms with Gasteiger partial charge in [0.15, 0.2) is 0 Å². The van der Waals surface area contributed by atoms with E-state index in [1.54, 1.807) is 6.92 Å². The molecule has 0 bridgehead atoms. The summed E-state index contributed by atoms with van der Waals surface area (Å²) in [7, 11) is 0. The minimum Gasteiger partial charge on any atom is -0.481 e. The fourth-order valence-electron chi connectivity index (χ4n) is 4.72. The fraction of sp³-hybridized carbons (Fsp3) is 0.346. The lowest BCUT2D eigenvalue weighted by Gasteiger charge is -2.36. The Morgan fingerprint density at radius 3 is 2.36 bits per heavy atom. The number of nitrogens with zero attached hydrogens (tertiary/aromatic N) is 1. The van der Waals surface area contributed by atoms with E-state index in [-0.39, 0.29) is 19.1 Å². The molecule has 7 heteroatoms. The van der Waals surface area contributed by atoms with Crippen molar-refractivity contribution in [2.24, 2.45) is 5.92 Å². The minimum absolute atomic E-state index is 0.0291. The lowest BCUT2D eigenvalue weighted by molar-refractivity contribution is -0.147. The molecule has 1 aliphatic carbocycles. The second-order valence-corrected chi connectivity index (χ2v) is 8.31. The van der Waals surface area contributed by atoms with Gasteiger partial charge in [0.1, 0.15) is 6.61 Å². The van der Waals surface area contributed by atoms with Crippen LogP contribution in [0.2, 0.25) is 0 Å². The summed E-state index contributed by atoms with van der Waals surface area (Å²) in [5.41, 5.74) is 4.58. The maximum atomic E-state index is 12.4. The van der Waals surface area contributed by atoms with Crippen LogP contribution in [-0.4, -0.2) is 53.7 Å². The monoisotopic (exact) mass is 446 g/mol. The highest BCUT2D eigenvalue weighted by Gasteiger charge is 2.34. The number of amides is 2. The highest BCUT2D eigenvalue weighted by atomic mass is 16.5. The van der Waals surface area contributed by atoms with Gasteiger partial charge in [-0.05, 0) is 47.9 Å². The zero-order valence-corrected chi connectivity index (χ0v) is 18.4. The second kappa shape index (κ2) is 9.78. The van der Waals surface area contributed by atoms with Crippen molar-refractivity contribution >= 4 is 18.0 Å². The van der Waals surface area contributed by atoms with Crippen LogP contribution in [0.15, 0.2) is 48.5 Å². The fourth-order valence-corrected chi connectivity index (χ4v) is 4.72. The molecule has 2 atom stereocenters. The first kappa shape index (κ1) is 22.4. The molecular weight excluding hydrogens is 420 g/mol. The summed E-state index contributed by atoms with van der Waals surface area (Å²) < 4.78 is 5.44. The molecule has 0 radical (unpaired) electrons. The van der Waals surface area contributed by atoms with Crippen molar-refractivity contribution < 1.29 is 24.2 Å². The predicted molar refractivity (Wildman–Crippen MR) is 122 cm³/mol. The number of carbonyl (C=O) groups is 3. The molecule has 0 spiro atoms. The van der Waals surface area contributed by atoms with Gasteiger partial charge in [-0.2, -0.15) is 0 Å². The number of fused-ring (bicyclic) bond motifs is 3. The van der Waals surface area contributed by atoms with Crippen LogP contribution in [0.5, 0.6) is 0 Å². The van der Waals surface area contributed by atoms with Crippen molar-refractivity contribution in [1.29, 1.82) is 0 Å². The highest BCUT2D eigenvalue weighted by Crippen LogP contribution is 2.44. The molecule has 2 aromatic carbocycles. The molecule has 1 aliphatic heterocycles. The third-order valence-electron chi connectivity index (χ3n) is 6.43. The molecule has 0 saturated carbocycles. The molecule has 2 aromatic rings. The molecule has 2 aliphatic rings. The van der Waals surface area contributed by atoms with E-state index in [0.717, 1.165) is 22.3 Å². The second-order valence-electron chi connectivity index (χ2n) is 8.31. The van der Waals surface area contributed by atoms with Crippen LogP contribution in [0.3, 0.4) is 0 Å². The summed E-state index contributed by atoms with van der Waals surface area (Å²) in [6.07, 6.45) is 0.583. The van der Waals surface area contributed by atoms with Crippen molar-refractivity contribution in [3.8, 4) is 23.0 Å². The largest absolute Gasteiger partial charge is 0.481 e. The zero-order chi connectivity index (χ0) is 23.4. The Labute approximate surface area is 192 Å². The van der Waals surface area contributed by atoms with Gasteiger partial charge in [-0.25, -0.2) is 4.79 Å². The van der Waals surface area contributed by atoms with E-state index in [0.29, 0.717) is 19.4 Å². The molecule has 2 amide bonds. The predicted octanol–water partition coefficient (Wildman–Crippen LogP) is 3.24. The number of carboxylic acid groups (broad SMARTS) is 1. The first-order valence-corrected chi connectivity index (χ1v) is 11.1.